The number of nitro benzene ring substituents is 2. The fourth-order valence-corrected chi connectivity index (χ4v) is 17.4. The summed E-state index contributed by atoms with van der Waals surface area (Å²) in [6.07, 6.45) is 3.36. The van der Waals surface area contributed by atoms with Crippen LogP contribution in [0.3, 0.4) is 0 Å². The molecule has 22 rings (SSSR count). The monoisotopic (exact) mass is 2170 g/mol. The maximum absolute atomic E-state index is 14.3. The van der Waals surface area contributed by atoms with Crippen molar-refractivity contribution in [3.05, 3.63) is 319 Å². The summed E-state index contributed by atoms with van der Waals surface area (Å²) in [5, 5.41) is 27.4. The summed E-state index contributed by atoms with van der Waals surface area (Å²) in [6, 6.07) is 31.6. The van der Waals surface area contributed by atoms with E-state index in [1.807, 2.05) is 6.07 Å². The average Bonchev–Trinajstić information content (AvgIpc) is 1.58. The summed E-state index contributed by atoms with van der Waals surface area (Å²) in [6.45, 7) is 1.89. The number of H-pyrrole nitrogens is 3. The second kappa shape index (κ2) is 43.6. The first-order valence-corrected chi connectivity index (χ1v) is 44.6. The Labute approximate surface area is 840 Å². The van der Waals surface area contributed by atoms with Crippen LogP contribution in [0.25, 0.3) is 50.5 Å². The van der Waals surface area contributed by atoms with Crippen LogP contribution < -0.4 is 81.1 Å². The number of imidazole rings is 4. The number of hydrogen-bond acceptors (Lipinski definition) is 31. The Morgan fingerprint density at radius 3 is 1.38 bits per heavy atom. The van der Waals surface area contributed by atoms with Crippen molar-refractivity contribution in [3.8, 4) is 28.9 Å². The Bertz CT molecular complexity index is 8000. The van der Waals surface area contributed by atoms with Crippen molar-refractivity contribution in [1.29, 1.82) is 0 Å². The van der Waals surface area contributed by atoms with Crippen molar-refractivity contribution in [2.45, 2.75) is 62.5 Å². The molecule has 143 heavy (non-hydrogen) atoms. The standard InChI is InChI=1S/C21H13ClF2N6O2.C20H13ClF2N6O4.C14H11ClFN5O2.C13H13ClFN5O.C9H10FNO.C6H3BrFNO2.C4H4Cl2N4.ClH/c22-18-16-19(28-20(27-18)29-9-25-13-5-4-10(23)8-15(13)29)30(21(31)26-16)14-6-7-32-17-11(14)2-1-3-12(17)24;21-17-15-18(27-19(26-17)24-12-8-9(22)4-5-14(12)29(31)32)28(20(30)25-15)13-6-7-33-16-10(13)2-1-3-11(16)23;15-11-9-12(20-13(17)19-11)21(14(22)18-9)8-4-5-23-10-6(8)2-1-3-7(10)16;14-11-9(16)12(20-13(17)19-11)18-8-4-5-21-10-6(8)2-1-3-7(10)15;10-8-3-1-2-6-7(8)4-12-5-9(6)11;7-5-3-4(8)1-2-6(5)9(10)11;5-2-1(7)3(6)10-4(8)9-2;/h1-5,8-9,14H,6-7H2,(H,26,31);1-5,8,13H,6-7H2,(H,25,30)(H,24,26,27);1-3,8H,4-5H2,(H,18,22)(H2,17,19,20);1-3,8H,4-5,16H2,(H3,17,18,19,20);1-3,9H,4-5,11H2;1-3H;7H2,(H2,8,9,10);1H/t14-;13-;2*8-;9-;;;/m11111.../s1. The second-order valence-corrected chi connectivity index (χ2v) is 33.7. The Balaban J connectivity index is 0.000000131. The lowest BCUT2D eigenvalue weighted by atomic mass is 9.99. The number of nitrogen functional groups attached to an aromatic ring is 5. The number of aromatic nitrogens is 18. The molecule has 0 fully saturated rings. The normalized spacial score (nSPS) is 15.5. The van der Waals surface area contributed by atoms with Crippen LogP contribution in [0.5, 0.6) is 23.0 Å². The first-order chi connectivity index (χ1) is 68.0. The van der Waals surface area contributed by atoms with Crippen LogP contribution in [0.15, 0.2) is 171 Å². The van der Waals surface area contributed by atoms with Gasteiger partial charge in [-0.1, -0.05) is 130 Å². The van der Waals surface area contributed by atoms with E-state index in [9.17, 15) is 69.7 Å². The smallest absolute Gasteiger partial charge is 0.328 e. The maximum atomic E-state index is 14.3. The number of nitrogens with one attached hydrogen (secondary N) is 5. The second-order valence-electron chi connectivity index (χ2n) is 30.7. The van der Waals surface area contributed by atoms with Crippen molar-refractivity contribution in [3.63, 3.8) is 0 Å². The number of hydrogen-bond donors (Lipinski definition) is 11. The number of nitrogens with two attached hydrogens (primary N) is 6. The Kier molecular flexibility index (Phi) is 31.2. The van der Waals surface area contributed by atoms with Crippen molar-refractivity contribution in [1.82, 2.24) is 88.0 Å². The number of anilines is 8. The third-order valence-corrected chi connectivity index (χ3v) is 24.3. The molecule has 740 valence electrons. The van der Waals surface area contributed by atoms with Gasteiger partial charge < -0.3 is 83.7 Å². The molecule has 5 atom stereocenters. The number of halogens is 16. The van der Waals surface area contributed by atoms with Crippen LogP contribution in [0, 0.1) is 66.8 Å². The van der Waals surface area contributed by atoms with Crippen LogP contribution in [-0.2, 0) is 11.3 Å². The van der Waals surface area contributed by atoms with Gasteiger partial charge in [-0.15, -0.1) is 12.4 Å². The molecule has 0 aliphatic carbocycles. The lowest BCUT2D eigenvalue weighted by Gasteiger charge is -2.27. The fraction of sp³-hybridized carbons (Fsp3) is 0.172. The molecule has 0 bridgehead atoms. The zero-order valence-corrected chi connectivity index (χ0v) is 79.4. The molecule has 0 radical (unpaired) electrons. The van der Waals surface area contributed by atoms with Gasteiger partial charge >= 0.3 is 17.1 Å². The quantitative estimate of drug-likeness (QED) is 0.0262. The highest BCUT2D eigenvalue weighted by molar-refractivity contribution is 9.10. The number of aromatic amines is 3. The predicted molar refractivity (Wildman–Crippen MR) is 519 cm³/mol. The molecule has 56 heteroatoms. The number of ether oxygens (including phenoxy) is 5. The lowest BCUT2D eigenvalue weighted by molar-refractivity contribution is -0.385. The largest absolute Gasteiger partial charge is 0.490 e. The van der Waals surface area contributed by atoms with Crippen LogP contribution in [0.1, 0.15) is 89.3 Å². The highest BCUT2D eigenvalue weighted by Crippen LogP contribution is 2.44. The summed E-state index contributed by atoms with van der Waals surface area (Å²) in [5.41, 5.74) is 37.5. The number of rotatable bonds is 10. The minimum Gasteiger partial charge on any atom is -0.490 e. The van der Waals surface area contributed by atoms with Gasteiger partial charge in [0, 0.05) is 77.8 Å². The van der Waals surface area contributed by atoms with Crippen LogP contribution >= 0.6 is 97.9 Å². The minimum absolute atomic E-state index is 0. The molecule has 0 unspecified atom stereocenters. The van der Waals surface area contributed by atoms with Gasteiger partial charge in [-0.3, -0.25) is 38.5 Å². The molecule has 14 heterocycles. The first kappa shape index (κ1) is 102. The van der Waals surface area contributed by atoms with E-state index in [0.717, 1.165) is 42.0 Å². The van der Waals surface area contributed by atoms with Crippen molar-refractivity contribution in [2.24, 2.45) is 5.73 Å². The Hall–Kier alpha value is -15.1. The van der Waals surface area contributed by atoms with Crippen LogP contribution in [0.2, 0.25) is 30.9 Å². The summed E-state index contributed by atoms with van der Waals surface area (Å²) in [5.74, 6) is -2.99. The van der Waals surface area contributed by atoms with Gasteiger partial charge in [-0.25, -0.2) is 54.5 Å². The molecule has 0 saturated heterocycles. The Morgan fingerprint density at radius 1 is 0.455 bits per heavy atom. The molecule has 0 amide bonds. The minimum atomic E-state index is -0.713. The molecule has 8 aromatic carbocycles. The van der Waals surface area contributed by atoms with E-state index in [0.29, 0.717) is 95.7 Å². The van der Waals surface area contributed by atoms with E-state index in [1.54, 1.807) is 54.6 Å². The van der Waals surface area contributed by atoms with Gasteiger partial charge in [0.05, 0.1) is 95.2 Å². The molecule has 9 aromatic heterocycles. The van der Waals surface area contributed by atoms with E-state index in [4.69, 9.17) is 128 Å². The molecule has 5 aliphatic heterocycles. The zero-order chi connectivity index (χ0) is 101. The summed E-state index contributed by atoms with van der Waals surface area (Å²) >= 11 is 38.3. The van der Waals surface area contributed by atoms with Gasteiger partial charge in [-0.05, 0) is 82.2 Å². The number of benzene rings is 8. The molecule has 0 saturated carbocycles. The zero-order valence-electron chi connectivity index (χ0n) is 72.4. The van der Waals surface area contributed by atoms with Gasteiger partial charge in [0.1, 0.15) is 63.2 Å². The number of para-hydroxylation sites is 4. The summed E-state index contributed by atoms with van der Waals surface area (Å²) < 4.78 is 142. The molecule has 17 N–H and O–H groups in total. The average molecular weight is 2180 g/mol. The van der Waals surface area contributed by atoms with Crippen molar-refractivity contribution in [2.75, 3.05) is 72.3 Å². The topological polar surface area (TPSA) is 573 Å². The third-order valence-electron chi connectivity index (χ3n) is 22.0. The molecule has 5 aliphatic rings. The van der Waals surface area contributed by atoms with E-state index in [1.165, 1.54) is 73.1 Å². The molecular weight excluding hydrogens is 2110 g/mol. The van der Waals surface area contributed by atoms with Gasteiger partial charge in [0.2, 0.25) is 29.7 Å². The number of nitrogens with zero attached hydrogens (tertiary/aromatic N) is 17. The Morgan fingerprint density at radius 2 is 0.867 bits per heavy atom. The maximum Gasteiger partial charge on any atom is 0.328 e. The molecular formula is C87H68BrCl7F8N28O12. The lowest BCUT2D eigenvalue weighted by Crippen LogP contribution is -2.28. The molecule has 0 spiro atoms. The van der Waals surface area contributed by atoms with Gasteiger partial charge in [0.15, 0.2) is 99.9 Å². The van der Waals surface area contributed by atoms with Gasteiger partial charge in [-0.2, -0.15) is 49.8 Å². The SMILES string of the molecule is Cl.N[C@@H]1COCc2c(F)cccc21.Nc1nc(Cl)c(N)c(Cl)n1.Nc1nc(Cl)c(N)c(N[C@@H]2CCOc3c(F)cccc32)n1.Nc1nc(Cl)c2[nH]c(=O)n([C@@H]3CCOc4c(F)cccc43)c2n1.O=[N+]([O-])c1ccc(F)cc1Br.O=c1[nH]c2c(Cl)nc(-n3cnc4ccc(F)cc43)nc2n1[C@@H]1CCOc2c(F)cccc21.O=c1[nH]c2c(Cl)nc(Nc3cc(F)ccc3[N+](=O)[O-])nc2n1[C@@H]1CCOc2c(F)cccc21. The van der Waals surface area contributed by atoms with E-state index < -0.39 is 91.4 Å². The van der Waals surface area contributed by atoms with E-state index in [-0.39, 0.29) is 189 Å². The van der Waals surface area contributed by atoms with Gasteiger partial charge in [0.25, 0.3) is 11.4 Å². The summed E-state index contributed by atoms with van der Waals surface area (Å²) in [4.78, 5) is 110. The van der Waals surface area contributed by atoms with Crippen LogP contribution in [0.4, 0.5) is 93.2 Å². The van der Waals surface area contributed by atoms with Crippen LogP contribution in [-0.4, -0.2) is 131 Å². The molecule has 40 nitrogen and oxygen atoms in total. The molecule has 17 aromatic rings. The van der Waals surface area contributed by atoms with Crippen molar-refractivity contribution < 1.29 is 68.7 Å². The number of nitro groups is 2. The third kappa shape index (κ3) is 21.9. The fourth-order valence-electron chi connectivity index (χ4n) is 15.7. The highest BCUT2D eigenvalue weighted by atomic mass is 79.9. The van der Waals surface area contributed by atoms with E-state index in [2.05, 4.69) is 96.3 Å². The number of fused-ring (bicyclic) bond motifs is 9. The van der Waals surface area contributed by atoms with E-state index >= 15 is 0 Å². The predicted octanol–water partition coefficient (Wildman–Crippen LogP) is 17.3. The first-order valence-electron chi connectivity index (χ1n) is 41.5. The highest BCUT2D eigenvalue weighted by Gasteiger charge is 2.35. The van der Waals surface area contributed by atoms with Crippen molar-refractivity contribution >= 4 is 201 Å². The summed E-state index contributed by atoms with van der Waals surface area (Å²) in [7, 11) is 0.